The molecule has 0 aromatic heterocycles. The largest absolute Gasteiger partial charge is 0.331 e. The highest BCUT2D eigenvalue weighted by Gasteiger charge is 2.23. The zero-order valence-corrected chi connectivity index (χ0v) is 12.9. The molecule has 0 bridgehead atoms. The minimum Gasteiger partial charge on any atom is -0.331 e. The van der Waals surface area contributed by atoms with Gasteiger partial charge in [-0.1, -0.05) is 71.0 Å². The third-order valence-corrected chi connectivity index (χ3v) is 3.95. The number of carbonyl (C=O) groups is 1. The quantitative estimate of drug-likeness (QED) is 0.770. The molecule has 0 N–H and O–H groups in total. The van der Waals surface area contributed by atoms with Crippen LogP contribution in [0.3, 0.4) is 0 Å². The van der Waals surface area contributed by atoms with Gasteiger partial charge in [0.05, 0.1) is 6.04 Å². The average Bonchev–Trinajstić information content (AvgIpc) is 2.49. The average molecular weight is 330 g/mol. The smallest absolute Gasteiger partial charge is 0.246 e. The second-order valence-electron chi connectivity index (χ2n) is 4.49. The van der Waals surface area contributed by atoms with Crippen LogP contribution in [-0.2, 0) is 4.79 Å². The van der Waals surface area contributed by atoms with Crippen molar-refractivity contribution in [3.05, 3.63) is 82.9 Å². The summed E-state index contributed by atoms with van der Waals surface area (Å²) in [5.41, 5.74) is 2.12. The van der Waals surface area contributed by atoms with Crippen molar-refractivity contribution in [2.45, 2.75) is 6.04 Å². The fraction of sp³-hybridized carbons (Fsp3) is 0.118. The summed E-state index contributed by atoms with van der Waals surface area (Å²) in [4.78, 5) is 13.7. The maximum absolute atomic E-state index is 12.0. The van der Waals surface area contributed by atoms with Crippen molar-refractivity contribution in [1.29, 1.82) is 0 Å². The summed E-state index contributed by atoms with van der Waals surface area (Å²) in [5.74, 6) is -0.102. The van der Waals surface area contributed by atoms with E-state index in [-0.39, 0.29) is 11.9 Å². The number of hydrogen-bond donors (Lipinski definition) is 0. The van der Waals surface area contributed by atoms with E-state index in [1.165, 1.54) is 6.08 Å². The lowest BCUT2D eigenvalue weighted by molar-refractivity contribution is -0.126. The molecule has 2 rings (SSSR count). The van der Waals surface area contributed by atoms with Gasteiger partial charge in [-0.2, -0.15) is 0 Å². The van der Waals surface area contributed by atoms with Crippen LogP contribution >= 0.6 is 15.9 Å². The monoisotopic (exact) mass is 329 g/mol. The highest BCUT2D eigenvalue weighted by atomic mass is 79.9. The first-order valence-electron chi connectivity index (χ1n) is 6.33. The molecule has 0 saturated heterocycles. The highest BCUT2D eigenvalue weighted by molar-refractivity contribution is 9.10. The Hall–Kier alpha value is -1.87. The SMILES string of the molecule is C=CC(=O)N(C)C(c1ccccc1)c1ccccc1Br. The van der Waals surface area contributed by atoms with Gasteiger partial charge >= 0.3 is 0 Å². The Labute approximate surface area is 127 Å². The second kappa shape index (κ2) is 6.53. The van der Waals surface area contributed by atoms with E-state index in [2.05, 4.69) is 22.5 Å². The molecule has 1 atom stereocenters. The Morgan fingerprint density at radius 2 is 1.75 bits per heavy atom. The maximum Gasteiger partial charge on any atom is 0.246 e. The van der Waals surface area contributed by atoms with Gasteiger partial charge in [0.25, 0.3) is 0 Å². The van der Waals surface area contributed by atoms with Crippen LogP contribution in [0.2, 0.25) is 0 Å². The zero-order chi connectivity index (χ0) is 14.5. The lowest BCUT2D eigenvalue weighted by Crippen LogP contribution is -2.30. The Morgan fingerprint density at radius 3 is 2.35 bits per heavy atom. The van der Waals surface area contributed by atoms with Crippen LogP contribution in [-0.4, -0.2) is 17.9 Å². The number of carbonyl (C=O) groups excluding carboxylic acids is 1. The van der Waals surface area contributed by atoms with Gasteiger partial charge in [-0.15, -0.1) is 0 Å². The van der Waals surface area contributed by atoms with E-state index in [9.17, 15) is 4.79 Å². The third-order valence-electron chi connectivity index (χ3n) is 3.22. The molecule has 0 saturated carbocycles. The number of halogens is 1. The van der Waals surface area contributed by atoms with E-state index >= 15 is 0 Å². The normalized spacial score (nSPS) is 11.7. The van der Waals surface area contributed by atoms with Crippen LogP contribution < -0.4 is 0 Å². The van der Waals surface area contributed by atoms with Crippen LogP contribution in [0, 0.1) is 0 Å². The molecule has 0 aliphatic rings. The molecule has 1 unspecified atom stereocenters. The van der Waals surface area contributed by atoms with Crippen molar-refractivity contribution in [3.8, 4) is 0 Å². The lowest BCUT2D eigenvalue weighted by atomic mass is 9.97. The van der Waals surface area contributed by atoms with Crippen LogP contribution in [0.15, 0.2) is 71.7 Å². The highest BCUT2D eigenvalue weighted by Crippen LogP contribution is 2.32. The van der Waals surface area contributed by atoms with Gasteiger partial charge < -0.3 is 4.90 Å². The minimum absolute atomic E-state index is 0.102. The van der Waals surface area contributed by atoms with E-state index in [1.54, 1.807) is 11.9 Å². The lowest BCUT2D eigenvalue weighted by Gasteiger charge is -2.29. The van der Waals surface area contributed by atoms with Crippen LogP contribution in [0.4, 0.5) is 0 Å². The van der Waals surface area contributed by atoms with Crippen molar-refractivity contribution >= 4 is 21.8 Å². The van der Waals surface area contributed by atoms with Crippen molar-refractivity contribution in [2.75, 3.05) is 7.05 Å². The van der Waals surface area contributed by atoms with Gasteiger partial charge in [0, 0.05) is 11.5 Å². The molecule has 0 aliphatic heterocycles. The first kappa shape index (κ1) is 14.5. The number of benzene rings is 2. The number of amides is 1. The van der Waals surface area contributed by atoms with Crippen molar-refractivity contribution in [3.63, 3.8) is 0 Å². The van der Waals surface area contributed by atoms with E-state index in [1.807, 2.05) is 54.6 Å². The summed E-state index contributed by atoms with van der Waals surface area (Å²) < 4.78 is 0.984. The molecular weight excluding hydrogens is 314 g/mol. The predicted molar refractivity (Wildman–Crippen MR) is 85.4 cm³/mol. The number of rotatable bonds is 4. The molecule has 1 amide bonds. The summed E-state index contributed by atoms with van der Waals surface area (Å²) in [6.45, 7) is 3.57. The van der Waals surface area contributed by atoms with Crippen LogP contribution in [0.5, 0.6) is 0 Å². The van der Waals surface area contributed by atoms with Crippen molar-refractivity contribution < 1.29 is 4.79 Å². The summed E-state index contributed by atoms with van der Waals surface area (Å²) in [6.07, 6.45) is 1.34. The Bertz CT molecular complexity index is 609. The van der Waals surface area contributed by atoms with Gasteiger partial charge in [-0.3, -0.25) is 4.79 Å². The minimum atomic E-state index is -0.141. The molecule has 2 nitrogen and oxygen atoms in total. The van der Waals surface area contributed by atoms with Crippen LogP contribution in [0.25, 0.3) is 0 Å². The van der Waals surface area contributed by atoms with Gasteiger partial charge in [0.2, 0.25) is 5.91 Å². The maximum atomic E-state index is 12.0. The molecule has 0 heterocycles. The van der Waals surface area contributed by atoms with Gasteiger partial charge in [-0.25, -0.2) is 0 Å². The summed E-state index contributed by atoms with van der Waals surface area (Å²) in [6, 6.07) is 17.8. The fourth-order valence-corrected chi connectivity index (χ4v) is 2.72. The van der Waals surface area contributed by atoms with Gasteiger partial charge in [0.1, 0.15) is 0 Å². The van der Waals surface area contributed by atoms with E-state index in [4.69, 9.17) is 0 Å². The number of nitrogens with zero attached hydrogens (tertiary/aromatic N) is 1. The van der Waals surface area contributed by atoms with Crippen molar-refractivity contribution in [2.24, 2.45) is 0 Å². The van der Waals surface area contributed by atoms with Crippen LogP contribution in [0.1, 0.15) is 17.2 Å². The molecule has 102 valence electrons. The van der Waals surface area contributed by atoms with Crippen molar-refractivity contribution in [1.82, 2.24) is 4.90 Å². The van der Waals surface area contributed by atoms with Gasteiger partial charge in [-0.05, 0) is 23.3 Å². The first-order chi connectivity index (χ1) is 9.65. The molecule has 20 heavy (non-hydrogen) atoms. The molecule has 0 fully saturated rings. The molecule has 2 aromatic rings. The number of likely N-dealkylation sites (N-methyl/N-ethyl adjacent to an activating group) is 1. The molecule has 0 aliphatic carbocycles. The summed E-state index contributed by atoms with van der Waals surface area (Å²) in [5, 5.41) is 0. The molecular formula is C17H16BrNO. The second-order valence-corrected chi connectivity index (χ2v) is 5.34. The molecule has 0 radical (unpaired) electrons. The summed E-state index contributed by atoms with van der Waals surface area (Å²) in [7, 11) is 1.79. The molecule has 3 heteroatoms. The van der Waals surface area contributed by atoms with E-state index in [0.29, 0.717) is 0 Å². The topological polar surface area (TPSA) is 20.3 Å². The summed E-state index contributed by atoms with van der Waals surface area (Å²) >= 11 is 3.57. The Morgan fingerprint density at radius 1 is 1.15 bits per heavy atom. The number of hydrogen-bond acceptors (Lipinski definition) is 1. The predicted octanol–water partition coefficient (Wildman–Crippen LogP) is 4.18. The third kappa shape index (κ3) is 2.99. The fourth-order valence-electron chi connectivity index (χ4n) is 2.22. The first-order valence-corrected chi connectivity index (χ1v) is 7.13. The van der Waals surface area contributed by atoms with Gasteiger partial charge in [0.15, 0.2) is 0 Å². The Kier molecular flexibility index (Phi) is 4.74. The molecule has 2 aromatic carbocycles. The zero-order valence-electron chi connectivity index (χ0n) is 11.3. The standard InChI is InChI=1S/C17H16BrNO/c1-3-16(20)19(2)17(13-9-5-4-6-10-13)14-11-7-8-12-15(14)18/h3-12,17H,1H2,2H3. The molecule has 0 spiro atoms. The van der Waals surface area contributed by atoms with E-state index in [0.717, 1.165) is 15.6 Å². The Balaban J connectivity index is 2.53. The van der Waals surface area contributed by atoms with E-state index < -0.39 is 0 Å².